The average molecular weight is 245 g/mol. The van der Waals surface area contributed by atoms with E-state index < -0.39 is 0 Å². The first-order valence-corrected chi connectivity index (χ1v) is 6.49. The van der Waals surface area contributed by atoms with Gasteiger partial charge in [-0.2, -0.15) is 4.98 Å². The Morgan fingerprint density at radius 3 is 3.17 bits per heavy atom. The van der Waals surface area contributed by atoms with Crippen molar-refractivity contribution in [1.82, 2.24) is 20.3 Å². The van der Waals surface area contributed by atoms with Crippen LogP contribution in [0.2, 0.25) is 0 Å². The quantitative estimate of drug-likeness (QED) is 0.839. The van der Waals surface area contributed by atoms with Gasteiger partial charge in [0, 0.05) is 37.4 Å². The molecule has 1 fully saturated rings. The maximum absolute atomic E-state index is 4.58. The van der Waals surface area contributed by atoms with E-state index in [-0.39, 0.29) is 0 Å². The molecule has 3 heterocycles. The van der Waals surface area contributed by atoms with E-state index in [4.69, 9.17) is 0 Å². The lowest BCUT2D eigenvalue weighted by Gasteiger charge is -2.36. The van der Waals surface area contributed by atoms with E-state index in [9.17, 15) is 0 Å². The van der Waals surface area contributed by atoms with Gasteiger partial charge in [-0.3, -0.25) is 0 Å². The van der Waals surface area contributed by atoms with Crippen LogP contribution < -0.4 is 10.2 Å². The molecule has 2 aromatic heterocycles. The second-order valence-electron chi connectivity index (χ2n) is 5.10. The van der Waals surface area contributed by atoms with Crippen LogP contribution in [0, 0.1) is 5.92 Å². The fraction of sp³-hybridized carbons (Fsp3) is 0.538. The molecule has 1 aliphatic heterocycles. The van der Waals surface area contributed by atoms with E-state index in [1.165, 1.54) is 6.42 Å². The van der Waals surface area contributed by atoms with E-state index in [0.29, 0.717) is 12.0 Å². The van der Waals surface area contributed by atoms with Gasteiger partial charge in [0.05, 0.1) is 0 Å². The zero-order valence-corrected chi connectivity index (χ0v) is 10.8. The molecule has 2 unspecified atom stereocenters. The van der Waals surface area contributed by atoms with Crippen LogP contribution in [0.25, 0.3) is 11.0 Å². The number of hydrogen-bond acceptors (Lipinski definition) is 4. The summed E-state index contributed by atoms with van der Waals surface area (Å²) in [6, 6.07) is 2.45. The molecule has 0 aromatic carbocycles. The number of anilines is 1. The Balaban J connectivity index is 1.87. The molecule has 96 valence electrons. The summed E-state index contributed by atoms with van der Waals surface area (Å²) >= 11 is 0. The predicted octanol–water partition coefficient (Wildman–Crippen LogP) is 1.39. The lowest BCUT2D eigenvalue weighted by Crippen LogP contribution is -2.49. The van der Waals surface area contributed by atoms with Crippen molar-refractivity contribution >= 4 is 17.0 Å². The summed E-state index contributed by atoms with van der Waals surface area (Å²) in [5, 5.41) is 4.50. The highest BCUT2D eigenvalue weighted by Crippen LogP contribution is 2.21. The van der Waals surface area contributed by atoms with Crippen LogP contribution in [-0.2, 0) is 0 Å². The third kappa shape index (κ3) is 1.95. The minimum Gasteiger partial charge on any atom is -0.346 e. The zero-order chi connectivity index (χ0) is 12.5. The maximum Gasteiger partial charge on any atom is 0.227 e. The van der Waals surface area contributed by atoms with Crippen molar-refractivity contribution in [3.8, 4) is 0 Å². The lowest BCUT2D eigenvalue weighted by molar-refractivity contribution is 0.336. The lowest BCUT2D eigenvalue weighted by atomic mass is 9.94. The Hall–Kier alpha value is -1.62. The van der Waals surface area contributed by atoms with Gasteiger partial charge in [0.15, 0.2) is 0 Å². The zero-order valence-electron chi connectivity index (χ0n) is 10.8. The molecule has 0 aliphatic carbocycles. The van der Waals surface area contributed by atoms with E-state index in [0.717, 1.165) is 30.1 Å². The van der Waals surface area contributed by atoms with Crippen LogP contribution in [0.3, 0.4) is 0 Å². The maximum atomic E-state index is 4.58. The number of nitrogens with zero attached hydrogens (tertiary/aromatic N) is 3. The molecule has 2 N–H and O–H groups in total. The van der Waals surface area contributed by atoms with Gasteiger partial charge in [0.1, 0.15) is 5.65 Å². The van der Waals surface area contributed by atoms with Crippen molar-refractivity contribution in [3.05, 3.63) is 18.5 Å². The summed E-state index contributed by atoms with van der Waals surface area (Å²) < 4.78 is 0. The largest absolute Gasteiger partial charge is 0.346 e. The van der Waals surface area contributed by atoms with Crippen molar-refractivity contribution in [2.45, 2.75) is 19.4 Å². The molecule has 0 spiro atoms. The minimum atomic E-state index is 0.464. The summed E-state index contributed by atoms with van der Waals surface area (Å²) in [7, 11) is 2.08. The SMILES string of the molecule is CC1CCNCC1N(C)c1ncc2cc[nH]c2n1. The molecule has 0 amide bonds. The Labute approximate surface area is 107 Å². The molecular formula is C13H19N5. The third-order valence-corrected chi connectivity index (χ3v) is 3.89. The van der Waals surface area contributed by atoms with Crippen LogP contribution >= 0.6 is 0 Å². The highest BCUT2D eigenvalue weighted by molar-refractivity contribution is 5.75. The number of fused-ring (bicyclic) bond motifs is 1. The van der Waals surface area contributed by atoms with Gasteiger partial charge in [-0.05, 0) is 24.9 Å². The standard InChI is InChI=1S/C13H19N5/c1-9-3-5-14-8-11(9)18(2)13-16-7-10-4-6-15-12(10)17-13/h4,6-7,9,11,14H,3,5,8H2,1-2H3,(H,15,16,17). The van der Waals surface area contributed by atoms with Gasteiger partial charge >= 0.3 is 0 Å². The van der Waals surface area contributed by atoms with Crippen LogP contribution in [0.1, 0.15) is 13.3 Å². The second kappa shape index (κ2) is 4.57. The first-order valence-electron chi connectivity index (χ1n) is 6.49. The number of aromatic nitrogens is 3. The number of H-pyrrole nitrogens is 1. The van der Waals surface area contributed by atoms with Crippen LogP contribution in [0.5, 0.6) is 0 Å². The Kier molecular flexibility index (Phi) is 2.91. The van der Waals surface area contributed by atoms with E-state index in [1.807, 2.05) is 18.5 Å². The third-order valence-electron chi connectivity index (χ3n) is 3.89. The smallest absolute Gasteiger partial charge is 0.227 e. The summed E-state index contributed by atoms with van der Waals surface area (Å²) in [6.45, 7) is 4.42. The van der Waals surface area contributed by atoms with Gasteiger partial charge in [-0.25, -0.2) is 4.98 Å². The highest BCUT2D eigenvalue weighted by Gasteiger charge is 2.26. The molecule has 18 heavy (non-hydrogen) atoms. The Morgan fingerprint density at radius 2 is 2.33 bits per heavy atom. The van der Waals surface area contributed by atoms with Gasteiger partial charge in [-0.15, -0.1) is 0 Å². The fourth-order valence-corrected chi connectivity index (χ4v) is 2.64. The molecular weight excluding hydrogens is 226 g/mol. The first kappa shape index (κ1) is 11.5. The van der Waals surface area contributed by atoms with Crippen LogP contribution in [-0.4, -0.2) is 41.1 Å². The van der Waals surface area contributed by atoms with E-state index in [2.05, 4.69) is 39.1 Å². The van der Waals surface area contributed by atoms with Crippen molar-refractivity contribution in [1.29, 1.82) is 0 Å². The molecule has 1 aliphatic rings. The summed E-state index contributed by atoms with van der Waals surface area (Å²) in [6.07, 6.45) is 4.99. The molecule has 2 aromatic rings. The van der Waals surface area contributed by atoms with E-state index in [1.54, 1.807) is 0 Å². The van der Waals surface area contributed by atoms with Crippen LogP contribution in [0.4, 0.5) is 5.95 Å². The minimum absolute atomic E-state index is 0.464. The summed E-state index contributed by atoms with van der Waals surface area (Å²) in [5.74, 6) is 1.46. The predicted molar refractivity (Wildman–Crippen MR) is 72.7 cm³/mol. The molecule has 1 saturated heterocycles. The normalized spacial score (nSPS) is 24.3. The molecule has 5 heteroatoms. The van der Waals surface area contributed by atoms with Gasteiger partial charge in [-0.1, -0.05) is 6.92 Å². The second-order valence-corrected chi connectivity index (χ2v) is 5.10. The topological polar surface area (TPSA) is 56.8 Å². The van der Waals surface area contributed by atoms with Gasteiger partial charge in [0.25, 0.3) is 0 Å². The summed E-state index contributed by atoms with van der Waals surface area (Å²) in [4.78, 5) is 14.4. The molecule has 3 rings (SSSR count). The van der Waals surface area contributed by atoms with Gasteiger partial charge < -0.3 is 15.2 Å². The Bertz CT molecular complexity index is 535. The first-order chi connectivity index (χ1) is 8.75. The van der Waals surface area contributed by atoms with Crippen molar-refractivity contribution < 1.29 is 0 Å². The number of likely N-dealkylation sites (N-methyl/N-ethyl adjacent to an activating group) is 1. The fourth-order valence-electron chi connectivity index (χ4n) is 2.64. The molecule has 5 nitrogen and oxygen atoms in total. The number of rotatable bonds is 2. The molecule has 2 atom stereocenters. The molecule has 0 radical (unpaired) electrons. The van der Waals surface area contributed by atoms with Crippen molar-refractivity contribution in [3.63, 3.8) is 0 Å². The average Bonchev–Trinajstić information content (AvgIpc) is 2.85. The van der Waals surface area contributed by atoms with Crippen molar-refractivity contribution in [2.24, 2.45) is 5.92 Å². The van der Waals surface area contributed by atoms with E-state index >= 15 is 0 Å². The number of nitrogens with one attached hydrogen (secondary N) is 2. The molecule has 0 bridgehead atoms. The number of piperidine rings is 1. The highest BCUT2D eigenvalue weighted by atomic mass is 15.3. The summed E-state index contributed by atoms with van der Waals surface area (Å²) in [5.41, 5.74) is 0.906. The molecule has 0 saturated carbocycles. The monoisotopic (exact) mass is 245 g/mol. The van der Waals surface area contributed by atoms with Crippen molar-refractivity contribution in [2.75, 3.05) is 25.0 Å². The Morgan fingerprint density at radius 1 is 1.44 bits per heavy atom. The number of aromatic amines is 1. The van der Waals surface area contributed by atoms with Crippen LogP contribution in [0.15, 0.2) is 18.5 Å². The number of hydrogen-bond donors (Lipinski definition) is 2. The van der Waals surface area contributed by atoms with Gasteiger partial charge in [0.2, 0.25) is 5.95 Å².